The van der Waals surface area contributed by atoms with Crippen molar-refractivity contribution in [3.63, 3.8) is 0 Å². The van der Waals surface area contributed by atoms with Gasteiger partial charge in [-0.3, -0.25) is 9.59 Å². The Morgan fingerprint density at radius 1 is 1.00 bits per heavy atom. The summed E-state index contributed by atoms with van der Waals surface area (Å²) in [5.74, 6) is 0.0514. The monoisotopic (exact) mass is 372 g/mol. The van der Waals surface area contributed by atoms with Gasteiger partial charge < -0.3 is 25.7 Å². The van der Waals surface area contributed by atoms with Crippen LogP contribution in [-0.4, -0.2) is 29.9 Å². The Labute approximate surface area is 157 Å². The van der Waals surface area contributed by atoms with Crippen molar-refractivity contribution in [1.82, 2.24) is 16.0 Å². The average molecular weight is 372 g/mol. The van der Waals surface area contributed by atoms with Crippen molar-refractivity contribution in [1.29, 1.82) is 0 Å². The first-order valence-corrected chi connectivity index (χ1v) is 8.49. The maximum absolute atomic E-state index is 12.1. The summed E-state index contributed by atoms with van der Waals surface area (Å²) < 4.78 is 5.09. The molecule has 1 heterocycles. The molecule has 0 bridgehead atoms. The van der Waals surface area contributed by atoms with Crippen molar-refractivity contribution in [2.45, 2.75) is 32.9 Å². The van der Waals surface area contributed by atoms with Crippen molar-refractivity contribution in [2.75, 3.05) is 11.9 Å². The quantitative estimate of drug-likeness (QED) is 0.623. The van der Waals surface area contributed by atoms with Crippen LogP contribution in [-0.2, 0) is 11.3 Å². The van der Waals surface area contributed by atoms with Crippen molar-refractivity contribution < 1.29 is 18.8 Å². The summed E-state index contributed by atoms with van der Waals surface area (Å²) in [7, 11) is 0. The summed E-state index contributed by atoms with van der Waals surface area (Å²) in [5.41, 5.74) is 0.705. The highest BCUT2D eigenvalue weighted by atomic mass is 16.3. The minimum absolute atomic E-state index is 0.184. The number of anilines is 1. The molecule has 1 aromatic heterocycles. The molecule has 8 nitrogen and oxygen atoms in total. The second kappa shape index (κ2) is 8.88. The second-order valence-corrected chi connectivity index (χ2v) is 6.95. The van der Waals surface area contributed by atoms with Crippen LogP contribution in [0.25, 0.3) is 0 Å². The van der Waals surface area contributed by atoms with Gasteiger partial charge in [-0.05, 0) is 57.2 Å². The molecule has 0 saturated carbocycles. The van der Waals surface area contributed by atoms with Gasteiger partial charge in [0, 0.05) is 16.8 Å². The standard InChI is InChI=1S/C19H24N4O4/c1-19(2,3)23-17(25)13-6-8-14(9-7-13)22-16(24)12-21-18(26)20-11-15-5-4-10-27-15/h4-10H,11-12H2,1-3H3,(H,22,24)(H,23,25)(H2,20,21,26). The SMILES string of the molecule is CC(C)(C)NC(=O)c1ccc(NC(=O)CNC(=O)NCc2ccco2)cc1. The molecule has 0 aliphatic carbocycles. The lowest BCUT2D eigenvalue weighted by Gasteiger charge is -2.20. The molecule has 4 amide bonds. The third kappa shape index (κ3) is 7.23. The molecule has 8 heteroatoms. The molecule has 4 N–H and O–H groups in total. The Kier molecular flexibility index (Phi) is 6.59. The Bertz CT molecular complexity index is 777. The maximum atomic E-state index is 12.1. The van der Waals surface area contributed by atoms with Gasteiger partial charge in [0.05, 0.1) is 19.4 Å². The van der Waals surface area contributed by atoms with E-state index in [2.05, 4.69) is 21.3 Å². The average Bonchev–Trinajstić information content (AvgIpc) is 3.11. The highest BCUT2D eigenvalue weighted by Gasteiger charge is 2.15. The van der Waals surface area contributed by atoms with E-state index >= 15 is 0 Å². The summed E-state index contributed by atoms with van der Waals surface area (Å²) in [4.78, 5) is 35.6. The minimum Gasteiger partial charge on any atom is -0.467 e. The second-order valence-electron chi connectivity index (χ2n) is 6.95. The molecule has 0 radical (unpaired) electrons. The lowest BCUT2D eigenvalue weighted by atomic mass is 10.1. The van der Waals surface area contributed by atoms with Crippen LogP contribution in [0.15, 0.2) is 47.1 Å². The van der Waals surface area contributed by atoms with Crippen molar-refractivity contribution in [3.05, 3.63) is 54.0 Å². The van der Waals surface area contributed by atoms with Crippen LogP contribution in [0, 0.1) is 0 Å². The van der Waals surface area contributed by atoms with Crippen LogP contribution in [0.1, 0.15) is 36.9 Å². The van der Waals surface area contributed by atoms with E-state index in [9.17, 15) is 14.4 Å². The molecule has 0 spiro atoms. The molecule has 0 fully saturated rings. The lowest BCUT2D eigenvalue weighted by molar-refractivity contribution is -0.115. The van der Waals surface area contributed by atoms with Gasteiger partial charge in [-0.25, -0.2) is 4.79 Å². The third-order valence-electron chi connectivity index (χ3n) is 3.33. The van der Waals surface area contributed by atoms with Crippen LogP contribution < -0.4 is 21.3 Å². The van der Waals surface area contributed by atoms with Gasteiger partial charge in [-0.15, -0.1) is 0 Å². The fourth-order valence-electron chi connectivity index (χ4n) is 2.13. The lowest BCUT2D eigenvalue weighted by Crippen LogP contribution is -2.40. The molecular weight excluding hydrogens is 348 g/mol. The largest absolute Gasteiger partial charge is 0.467 e. The summed E-state index contributed by atoms with van der Waals surface area (Å²) in [5, 5.41) is 10.5. The molecule has 0 aliphatic rings. The molecule has 0 atom stereocenters. The number of furan rings is 1. The van der Waals surface area contributed by atoms with E-state index < -0.39 is 6.03 Å². The number of urea groups is 1. The number of nitrogens with one attached hydrogen (secondary N) is 4. The number of carbonyl (C=O) groups is 3. The predicted molar refractivity (Wildman–Crippen MR) is 101 cm³/mol. The van der Waals surface area contributed by atoms with Crippen molar-refractivity contribution in [3.8, 4) is 0 Å². The molecule has 144 valence electrons. The number of benzene rings is 1. The molecule has 0 aliphatic heterocycles. The van der Waals surface area contributed by atoms with Gasteiger partial charge in [-0.1, -0.05) is 0 Å². The van der Waals surface area contributed by atoms with E-state index in [1.807, 2.05) is 20.8 Å². The van der Waals surface area contributed by atoms with Crippen LogP contribution >= 0.6 is 0 Å². The Balaban J connectivity index is 1.75. The van der Waals surface area contributed by atoms with Gasteiger partial charge in [-0.2, -0.15) is 0 Å². The molecular formula is C19H24N4O4. The number of amides is 4. The van der Waals surface area contributed by atoms with Gasteiger partial charge in [0.15, 0.2) is 0 Å². The molecule has 1 aromatic carbocycles. The van der Waals surface area contributed by atoms with E-state index in [0.717, 1.165) is 0 Å². The topological polar surface area (TPSA) is 112 Å². The first-order valence-electron chi connectivity index (χ1n) is 8.49. The third-order valence-corrected chi connectivity index (χ3v) is 3.33. The molecule has 27 heavy (non-hydrogen) atoms. The fraction of sp³-hybridized carbons (Fsp3) is 0.316. The number of rotatable bonds is 6. The van der Waals surface area contributed by atoms with Crippen LogP contribution in [0.3, 0.4) is 0 Å². The summed E-state index contributed by atoms with van der Waals surface area (Å²) in [6.07, 6.45) is 1.51. The van der Waals surface area contributed by atoms with E-state index in [0.29, 0.717) is 17.0 Å². The maximum Gasteiger partial charge on any atom is 0.315 e. The van der Waals surface area contributed by atoms with E-state index in [1.165, 1.54) is 6.26 Å². The molecule has 2 rings (SSSR count). The van der Waals surface area contributed by atoms with E-state index in [1.54, 1.807) is 36.4 Å². The Morgan fingerprint density at radius 2 is 1.70 bits per heavy atom. The highest BCUT2D eigenvalue weighted by Crippen LogP contribution is 2.11. The Morgan fingerprint density at radius 3 is 2.30 bits per heavy atom. The normalized spacial score (nSPS) is 10.8. The van der Waals surface area contributed by atoms with Gasteiger partial charge in [0.1, 0.15) is 5.76 Å². The first-order chi connectivity index (χ1) is 12.7. The van der Waals surface area contributed by atoms with Crippen LogP contribution in [0.4, 0.5) is 10.5 Å². The van der Waals surface area contributed by atoms with E-state index in [-0.39, 0.29) is 30.4 Å². The predicted octanol–water partition coefficient (Wildman–Crippen LogP) is 2.25. The minimum atomic E-state index is -0.476. The van der Waals surface area contributed by atoms with Gasteiger partial charge >= 0.3 is 6.03 Å². The van der Waals surface area contributed by atoms with Crippen LogP contribution in [0.5, 0.6) is 0 Å². The summed E-state index contributed by atoms with van der Waals surface area (Å²) in [6, 6.07) is 9.49. The molecule has 2 aromatic rings. The summed E-state index contributed by atoms with van der Waals surface area (Å²) in [6.45, 7) is 5.75. The molecule has 0 saturated heterocycles. The number of hydrogen-bond donors (Lipinski definition) is 4. The molecule has 0 unspecified atom stereocenters. The van der Waals surface area contributed by atoms with E-state index in [4.69, 9.17) is 4.42 Å². The number of carbonyl (C=O) groups excluding carboxylic acids is 3. The Hall–Kier alpha value is -3.29. The zero-order chi connectivity index (χ0) is 19.9. The zero-order valence-electron chi connectivity index (χ0n) is 15.6. The fourth-order valence-corrected chi connectivity index (χ4v) is 2.13. The zero-order valence-corrected chi connectivity index (χ0v) is 15.6. The first kappa shape index (κ1) is 20.0. The summed E-state index contributed by atoms with van der Waals surface area (Å²) >= 11 is 0. The van der Waals surface area contributed by atoms with Gasteiger partial charge in [0.2, 0.25) is 5.91 Å². The number of hydrogen-bond acceptors (Lipinski definition) is 4. The smallest absolute Gasteiger partial charge is 0.315 e. The van der Waals surface area contributed by atoms with Crippen molar-refractivity contribution >= 4 is 23.5 Å². The van der Waals surface area contributed by atoms with Gasteiger partial charge in [0.25, 0.3) is 5.91 Å². The van der Waals surface area contributed by atoms with Crippen molar-refractivity contribution in [2.24, 2.45) is 0 Å². The highest BCUT2D eigenvalue weighted by molar-refractivity contribution is 5.97. The van der Waals surface area contributed by atoms with Crippen LogP contribution in [0.2, 0.25) is 0 Å².